The molecule has 0 heterocycles. The number of benzene rings is 2. The van der Waals surface area contributed by atoms with Crippen LogP contribution in [-0.2, 0) is 6.61 Å². The van der Waals surface area contributed by atoms with E-state index in [0.29, 0.717) is 0 Å². The summed E-state index contributed by atoms with van der Waals surface area (Å²) in [5.41, 5.74) is 0.841. The molecule has 2 aromatic carbocycles. The smallest absolute Gasteiger partial charge is 0.127 e. The number of fused-ring (bicyclic) bond motifs is 1. The second kappa shape index (κ2) is 4.41. The Hall–Kier alpha value is -1.74. The summed E-state index contributed by atoms with van der Waals surface area (Å²) in [6.45, 7) is -0.0130. The highest BCUT2D eigenvalue weighted by Crippen LogP contribution is 2.34. The molecular weight excluding hydrogens is 204 g/mol. The molecule has 0 bridgehead atoms. The molecule has 3 heteroatoms. The Labute approximate surface area is 94.2 Å². The number of hydrogen-bond donors (Lipinski definition) is 1. The maximum absolute atomic E-state index is 9.32. The molecule has 2 rings (SSSR count). The van der Waals surface area contributed by atoms with Crippen LogP contribution in [0.4, 0.5) is 0 Å². The molecule has 0 unspecified atom stereocenters. The number of methoxy groups -OCH3 is 2. The molecule has 0 radical (unpaired) electrons. The van der Waals surface area contributed by atoms with E-state index in [1.807, 2.05) is 30.3 Å². The predicted octanol–water partition coefficient (Wildman–Crippen LogP) is 2.35. The van der Waals surface area contributed by atoms with E-state index in [2.05, 4.69) is 0 Å². The lowest BCUT2D eigenvalue weighted by Crippen LogP contribution is -1.93. The first-order valence-corrected chi connectivity index (χ1v) is 5.05. The molecule has 0 amide bonds. The molecule has 0 atom stereocenters. The fraction of sp³-hybridized carbons (Fsp3) is 0.231. The van der Waals surface area contributed by atoms with Crippen molar-refractivity contribution in [2.45, 2.75) is 6.61 Å². The number of rotatable bonds is 3. The Balaban J connectivity index is 2.84. The Morgan fingerprint density at radius 3 is 2.38 bits per heavy atom. The number of aliphatic hydroxyl groups excluding tert-OH is 1. The van der Waals surface area contributed by atoms with Crippen LogP contribution < -0.4 is 9.47 Å². The van der Waals surface area contributed by atoms with E-state index in [4.69, 9.17) is 9.47 Å². The van der Waals surface area contributed by atoms with Gasteiger partial charge in [0.25, 0.3) is 0 Å². The van der Waals surface area contributed by atoms with Gasteiger partial charge in [-0.2, -0.15) is 0 Å². The summed E-state index contributed by atoms with van der Waals surface area (Å²) in [5, 5.41) is 11.2. The molecule has 84 valence electrons. The van der Waals surface area contributed by atoms with Crippen LogP contribution in [0.2, 0.25) is 0 Å². The molecule has 0 aromatic heterocycles. The third kappa shape index (κ3) is 1.59. The molecule has 3 nitrogen and oxygen atoms in total. The van der Waals surface area contributed by atoms with E-state index in [9.17, 15) is 5.11 Å². The standard InChI is InChI=1S/C13H14O3/c1-15-11-7-6-9(8-14)13-10(11)4-3-5-12(13)16-2/h3-7,14H,8H2,1-2H3. The van der Waals surface area contributed by atoms with Crippen LogP contribution in [0.5, 0.6) is 11.5 Å². The molecule has 0 aliphatic carbocycles. The van der Waals surface area contributed by atoms with Gasteiger partial charge in [0, 0.05) is 10.8 Å². The average Bonchev–Trinajstić information content (AvgIpc) is 2.36. The Morgan fingerprint density at radius 2 is 1.75 bits per heavy atom. The van der Waals surface area contributed by atoms with Gasteiger partial charge in [-0.05, 0) is 17.7 Å². The van der Waals surface area contributed by atoms with Gasteiger partial charge in [0.1, 0.15) is 11.5 Å². The monoisotopic (exact) mass is 218 g/mol. The fourth-order valence-corrected chi connectivity index (χ4v) is 1.90. The average molecular weight is 218 g/mol. The number of ether oxygens (including phenoxy) is 2. The largest absolute Gasteiger partial charge is 0.496 e. The van der Waals surface area contributed by atoms with E-state index >= 15 is 0 Å². The van der Waals surface area contributed by atoms with Gasteiger partial charge in [0.2, 0.25) is 0 Å². The zero-order chi connectivity index (χ0) is 11.5. The van der Waals surface area contributed by atoms with Gasteiger partial charge < -0.3 is 14.6 Å². The molecule has 0 spiro atoms. The lowest BCUT2D eigenvalue weighted by atomic mass is 10.0. The molecule has 1 N–H and O–H groups in total. The van der Waals surface area contributed by atoms with Crippen molar-refractivity contribution >= 4 is 10.8 Å². The third-order valence-corrected chi connectivity index (χ3v) is 2.66. The van der Waals surface area contributed by atoms with E-state index < -0.39 is 0 Å². The van der Waals surface area contributed by atoms with E-state index in [0.717, 1.165) is 27.8 Å². The summed E-state index contributed by atoms with van der Waals surface area (Å²) in [6, 6.07) is 9.44. The SMILES string of the molecule is COc1ccc(CO)c2c(OC)cccc12. The summed E-state index contributed by atoms with van der Waals surface area (Å²) in [4.78, 5) is 0. The van der Waals surface area contributed by atoms with Crippen LogP contribution in [0.1, 0.15) is 5.56 Å². The quantitative estimate of drug-likeness (QED) is 0.859. The van der Waals surface area contributed by atoms with Gasteiger partial charge in [-0.15, -0.1) is 0 Å². The van der Waals surface area contributed by atoms with Crippen LogP contribution in [0, 0.1) is 0 Å². The molecule has 0 aliphatic heterocycles. The van der Waals surface area contributed by atoms with Crippen LogP contribution in [0.3, 0.4) is 0 Å². The highest BCUT2D eigenvalue weighted by molar-refractivity contribution is 5.95. The topological polar surface area (TPSA) is 38.7 Å². The summed E-state index contributed by atoms with van der Waals surface area (Å²) in [6.07, 6.45) is 0. The minimum atomic E-state index is -0.0130. The maximum Gasteiger partial charge on any atom is 0.127 e. The summed E-state index contributed by atoms with van der Waals surface area (Å²) in [7, 11) is 3.25. The molecule has 16 heavy (non-hydrogen) atoms. The van der Waals surface area contributed by atoms with Crippen LogP contribution in [-0.4, -0.2) is 19.3 Å². The Bertz CT molecular complexity index is 495. The molecule has 0 saturated heterocycles. The van der Waals surface area contributed by atoms with Gasteiger partial charge >= 0.3 is 0 Å². The highest BCUT2D eigenvalue weighted by atomic mass is 16.5. The summed E-state index contributed by atoms with van der Waals surface area (Å²) < 4.78 is 10.6. The predicted molar refractivity (Wildman–Crippen MR) is 63.0 cm³/mol. The lowest BCUT2D eigenvalue weighted by Gasteiger charge is -2.12. The molecule has 0 aliphatic rings. The number of aliphatic hydroxyl groups is 1. The summed E-state index contributed by atoms with van der Waals surface area (Å²) in [5.74, 6) is 1.53. The van der Waals surface area contributed by atoms with Crippen molar-refractivity contribution in [1.29, 1.82) is 0 Å². The van der Waals surface area contributed by atoms with Crippen molar-refractivity contribution in [3.8, 4) is 11.5 Å². The van der Waals surface area contributed by atoms with Crippen molar-refractivity contribution in [3.63, 3.8) is 0 Å². The van der Waals surface area contributed by atoms with E-state index in [-0.39, 0.29) is 6.61 Å². The second-order valence-corrected chi connectivity index (χ2v) is 3.47. The normalized spacial score (nSPS) is 10.4. The molecular formula is C13H14O3. The first-order chi connectivity index (χ1) is 7.81. The van der Waals surface area contributed by atoms with E-state index in [1.54, 1.807) is 14.2 Å². The fourth-order valence-electron chi connectivity index (χ4n) is 1.90. The van der Waals surface area contributed by atoms with Gasteiger partial charge in [-0.3, -0.25) is 0 Å². The van der Waals surface area contributed by atoms with Crippen LogP contribution >= 0.6 is 0 Å². The van der Waals surface area contributed by atoms with E-state index in [1.165, 1.54) is 0 Å². The first-order valence-electron chi connectivity index (χ1n) is 5.05. The third-order valence-electron chi connectivity index (χ3n) is 2.66. The highest BCUT2D eigenvalue weighted by Gasteiger charge is 2.10. The van der Waals surface area contributed by atoms with Crippen molar-refractivity contribution in [1.82, 2.24) is 0 Å². The minimum absolute atomic E-state index is 0.0130. The molecule has 0 fully saturated rings. The van der Waals surface area contributed by atoms with Crippen molar-refractivity contribution in [3.05, 3.63) is 35.9 Å². The van der Waals surface area contributed by atoms with Crippen LogP contribution in [0.25, 0.3) is 10.8 Å². The lowest BCUT2D eigenvalue weighted by molar-refractivity contribution is 0.283. The Morgan fingerprint density at radius 1 is 1.00 bits per heavy atom. The van der Waals surface area contributed by atoms with Crippen molar-refractivity contribution < 1.29 is 14.6 Å². The summed E-state index contributed by atoms with van der Waals surface area (Å²) >= 11 is 0. The van der Waals surface area contributed by atoms with Gasteiger partial charge in [-0.1, -0.05) is 18.2 Å². The zero-order valence-corrected chi connectivity index (χ0v) is 9.36. The van der Waals surface area contributed by atoms with Gasteiger partial charge in [0.15, 0.2) is 0 Å². The van der Waals surface area contributed by atoms with Gasteiger partial charge in [0.05, 0.1) is 20.8 Å². The first kappa shape index (κ1) is 10.8. The van der Waals surface area contributed by atoms with Crippen molar-refractivity contribution in [2.24, 2.45) is 0 Å². The zero-order valence-electron chi connectivity index (χ0n) is 9.36. The maximum atomic E-state index is 9.32. The second-order valence-electron chi connectivity index (χ2n) is 3.47. The van der Waals surface area contributed by atoms with Crippen LogP contribution in [0.15, 0.2) is 30.3 Å². The molecule has 0 saturated carbocycles. The molecule has 2 aromatic rings. The Kier molecular flexibility index (Phi) is 2.97. The van der Waals surface area contributed by atoms with Crippen molar-refractivity contribution in [2.75, 3.05) is 14.2 Å². The minimum Gasteiger partial charge on any atom is -0.496 e. The number of hydrogen-bond acceptors (Lipinski definition) is 3. The van der Waals surface area contributed by atoms with Gasteiger partial charge in [-0.25, -0.2) is 0 Å².